The highest BCUT2D eigenvalue weighted by Crippen LogP contribution is 2.04. The first kappa shape index (κ1) is 15.3. The van der Waals surface area contributed by atoms with Gasteiger partial charge in [-0.15, -0.1) is 0 Å². The van der Waals surface area contributed by atoms with Crippen LogP contribution in [0.25, 0.3) is 0 Å². The summed E-state index contributed by atoms with van der Waals surface area (Å²) >= 11 is 0. The van der Waals surface area contributed by atoms with Crippen molar-refractivity contribution in [3.63, 3.8) is 0 Å². The van der Waals surface area contributed by atoms with Gasteiger partial charge < -0.3 is 16.4 Å². The zero-order chi connectivity index (χ0) is 12.6. The molecular weight excluding hydrogens is 204 g/mol. The normalized spacial score (nSPS) is 13.4. The molecule has 96 valence electrons. The van der Waals surface area contributed by atoms with Crippen LogP contribution in [0.5, 0.6) is 0 Å². The summed E-state index contributed by atoms with van der Waals surface area (Å²) in [5.74, 6) is -0.276. The average molecular weight is 230 g/mol. The highest BCUT2D eigenvalue weighted by atomic mass is 16.1. The summed E-state index contributed by atoms with van der Waals surface area (Å²) in [6.45, 7) is 5.46. The minimum absolute atomic E-state index is 0.0809. The molecule has 0 spiro atoms. The molecular formula is C11H26N4O. The monoisotopic (exact) mass is 230 g/mol. The molecule has 0 bridgehead atoms. The molecule has 0 saturated carbocycles. The maximum absolute atomic E-state index is 10.9. The summed E-state index contributed by atoms with van der Waals surface area (Å²) in [5.41, 5.74) is 10.9. The van der Waals surface area contributed by atoms with E-state index in [1.807, 2.05) is 14.1 Å². The van der Waals surface area contributed by atoms with Crippen molar-refractivity contribution in [2.45, 2.75) is 25.8 Å². The van der Waals surface area contributed by atoms with E-state index in [0.717, 1.165) is 26.1 Å². The van der Waals surface area contributed by atoms with E-state index in [1.165, 1.54) is 0 Å². The van der Waals surface area contributed by atoms with E-state index in [1.54, 1.807) is 0 Å². The predicted molar refractivity (Wildman–Crippen MR) is 67.1 cm³/mol. The van der Waals surface area contributed by atoms with Gasteiger partial charge in [0.15, 0.2) is 0 Å². The van der Waals surface area contributed by atoms with E-state index < -0.39 is 0 Å². The van der Waals surface area contributed by atoms with Gasteiger partial charge in [0, 0.05) is 32.1 Å². The third-order valence-corrected chi connectivity index (χ3v) is 2.57. The fourth-order valence-electron chi connectivity index (χ4n) is 1.69. The number of carbonyl (C=O) groups excluding carboxylic acids is 1. The predicted octanol–water partition coefficient (Wildman–Crippen LogP) is -0.537. The van der Waals surface area contributed by atoms with Crippen LogP contribution in [-0.2, 0) is 4.79 Å². The Labute approximate surface area is 98.7 Å². The maximum atomic E-state index is 10.9. The summed E-state index contributed by atoms with van der Waals surface area (Å²) in [6, 6.07) is 0.0809. The minimum atomic E-state index is -0.276. The Kier molecular flexibility index (Phi) is 8.15. The third kappa shape index (κ3) is 6.76. The van der Waals surface area contributed by atoms with Gasteiger partial charge in [-0.25, -0.2) is 0 Å². The Balaban J connectivity index is 4.27. The number of hydrogen-bond donors (Lipinski definition) is 2. The number of hydrogen-bond acceptors (Lipinski definition) is 4. The van der Waals surface area contributed by atoms with Gasteiger partial charge in [0.25, 0.3) is 0 Å². The molecule has 4 N–H and O–H groups in total. The van der Waals surface area contributed by atoms with Gasteiger partial charge in [-0.05, 0) is 27.1 Å². The highest BCUT2D eigenvalue weighted by Gasteiger charge is 2.18. The van der Waals surface area contributed by atoms with E-state index in [-0.39, 0.29) is 11.9 Å². The fourth-order valence-corrected chi connectivity index (χ4v) is 1.69. The Morgan fingerprint density at radius 1 is 1.25 bits per heavy atom. The number of amides is 1. The van der Waals surface area contributed by atoms with Crippen LogP contribution in [0.1, 0.15) is 19.8 Å². The Hall–Kier alpha value is -0.650. The summed E-state index contributed by atoms with van der Waals surface area (Å²) in [4.78, 5) is 15.3. The number of rotatable bonds is 9. The first-order chi connectivity index (χ1) is 7.51. The van der Waals surface area contributed by atoms with Crippen LogP contribution in [0.2, 0.25) is 0 Å². The lowest BCUT2D eigenvalue weighted by molar-refractivity contribution is -0.119. The first-order valence-electron chi connectivity index (χ1n) is 5.88. The van der Waals surface area contributed by atoms with Crippen LogP contribution in [0, 0.1) is 0 Å². The lowest BCUT2D eigenvalue weighted by Crippen LogP contribution is -2.46. The van der Waals surface area contributed by atoms with Crippen LogP contribution in [0.3, 0.4) is 0 Å². The second kappa shape index (κ2) is 8.50. The molecule has 0 aliphatic rings. The Morgan fingerprint density at radius 3 is 2.25 bits per heavy atom. The van der Waals surface area contributed by atoms with E-state index in [0.29, 0.717) is 13.0 Å². The molecule has 0 rings (SSSR count). The number of primary amides is 1. The Morgan fingerprint density at radius 2 is 1.88 bits per heavy atom. The molecule has 1 amide bonds. The van der Waals surface area contributed by atoms with E-state index in [9.17, 15) is 4.79 Å². The summed E-state index contributed by atoms with van der Waals surface area (Å²) in [7, 11) is 4.07. The van der Waals surface area contributed by atoms with Crippen molar-refractivity contribution in [3.05, 3.63) is 0 Å². The lowest BCUT2D eigenvalue weighted by atomic mass is 10.1. The second-order valence-electron chi connectivity index (χ2n) is 4.40. The molecule has 0 aliphatic carbocycles. The molecule has 0 aliphatic heterocycles. The molecule has 0 aromatic carbocycles. The lowest BCUT2D eigenvalue weighted by Gasteiger charge is -2.30. The fraction of sp³-hybridized carbons (Fsp3) is 0.909. The zero-order valence-electron chi connectivity index (χ0n) is 10.8. The van der Waals surface area contributed by atoms with Gasteiger partial charge >= 0.3 is 0 Å². The summed E-state index contributed by atoms with van der Waals surface area (Å²) in [5, 5.41) is 0. The van der Waals surface area contributed by atoms with E-state index >= 15 is 0 Å². The van der Waals surface area contributed by atoms with Crippen LogP contribution in [0.15, 0.2) is 0 Å². The largest absolute Gasteiger partial charge is 0.370 e. The van der Waals surface area contributed by atoms with Crippen molar-refractivity contribution in [1.82, 2.24) is 9.80 Å². The van der Waals surface area contributed by atoms with Crippen molar-refractivity contribution >= 4 is 5.91 Å². The van der Waals surface area contributed by atoms with Gasteiger partial charge in [-0.3, -0.25) is 9.69 Å². The summed E-state index contributed by atoms with van der Waals surface area (Å²) in [6.07, 6.45) is 1.41. The third-order valence-electron chi connectivity index (χ3n) is 2.57. The number of nitrogens with zero attached hydrogens (tertiary/aromatic N) is 2. The van der Waals surface area contributed by atoms with Crippen LogP contribution < -0.4 is 11.5 Å². The molecule has 0 radical (unpaired) electrons. The molecule has 0 saturated heterocycles. The van der Waals surface area contributed by atoms with Crippen molar-refractivity contribution in [2.75, 3.05) is 40.3 Å². The number of likely N-dealkylation sites (N-methyl/N-ethyl adjacent to an activating group) is 1. The van der Waals surface area contributed by atoms with E-state index in [2.05, 4.69) is 16.7 Å². The molecule has 0 heterocycles. The number of nitrogens with two attached hydrogens (primary N) is 2. The van der Waals surface area contributed by atoms with Gasteiger partial charge in [0.1, 0.15) is 0 Å². The van der Waals surface area contributed by atoms with Crippen molar-refractivity contribution < 1.29 is 4.79 Å². The minimum Gasteiger partial charge on any atom is -0.370 e. The summed E-state index contributed by atoms with van der Waals surface area (Å²) < 4.78 is 0. The molecule has 5 heteroatoms. The van der Waals surface area contributed by atoms with Gasteiger partial charge in [0.2, 0.25) is 5.91 Å². The Bertz CT molecular complexity index is 196. The van der Waals surface area contributed by atoms with Crippen molar-refractivity contribution in [1.29, 1.82) is 0 Å². The van der Waals surface area contributed by atoms with Crippen LogP contribution in [0.4, 0.5) is 0 Å². The van der Waals surface area contributed by atoms with Gasteiger partial charge in [-0.2, -0.15) is 0 Å². The van der Waals surface area contributed by atoms with Gasteiger partial charge in [-0.1, -0.05) is 6.92 Å². The van der Waals surface area contributed by atoms with Crippen LogP contribution >= 0.6 is 0 Å². The topological polar surface area (TPSA) is 75.6 Å². The molecule has 1 atom stereocenters. The van der Waals surface area contributed by atoms with Gasteiger partial charge in [0.05, 0.1) is 0 Å². The molecule has 1 unspecified atom stereocenters. The molecule has 16 heavy (non-hydrogen) atoms. The molecule has 5 nitrogen and oxygen atoms in total. The second-order valence-corrected chi connectivity index (χ2v) is 4.40. The molecule has 0 fully saturated rings. The standard InChI is InChI=1S/C11H26N4O/c1-4-5-15(7-6-14(2)3)10(9-12)8-11(13)16/h10H,4-9,12H2,1-3H3,(H2,13,16). The van der Waals surface area contributed by atoms with Crippen molar-refractivity contribution in [2.24, 2.45) is 11.5 Å². The number of carbonyl (C=O) groups is 1. The quantitative estimate of drug-likeness (QED) is 0.558. The molecule has 0 aromatic rings. The first-order valence-corrected chi connectivity index (χ1v) is 5.88. The SMILES string of the molecule is CCCN(CCN(C)C)C(CN)CC(N)=O. The molecule has 0 aromatic heterocycles. The zero-order valence-corrected chi connectivity index (χ0v) is 10.8. The average Bonchev–Trinajstić information content (AvgIpc) is 2.20. The smallest absolute Gasteiger partial charge is 0.219 e. The maximum Gasteiger partial charge on any atom is 0.219 e. The van der Waals surface area contributed by atoms with Crippen LogP contribution in [-0.4, -0.2) is 62.0 Å². The van der Waals surface area contributed by atoms with E-state index in [4.69, 9.17) is 11.5 Å². The van der Waals surface area contributed by atoms with Crippen molar-refractivity contribution in [3.8, 4) is 0 Å². The highest BCUT2D eigenvalue weighted by molar-refractivity contribution is 5.74.